The van der Waals surface area contributed by atoms with Crippen LogP contribution in [0.4, 0.5) is 5.82 Å². The summed E-state index contributed by atoms with van der Waals surface area (Å²) < 4.78 is 18.5. The molecule has 166 valence electrons. The van der Waals surface area contributed by atoms with Crippen LogP contribution in [-0.4, -0.2) is 54.2 Å². The Labute approximate surface area is 183 Å². The second-order valence-corrected chi connectivity index (χ2v) is 7.85. The molecule has 1 aliphatic heterocycles. The van der Waals surface area contributed by atoms with E-state index in [1.165, 1.54) is 19.3 Å². The lowest BCUT2D eigenvalue weighted by molar-refractivity contribution is 0.324. The van der Waals surface area contributed by atoms with Gasteiger partial charge in [-0.25, -0.2) is 9.97 Å². The van der Waals surface area contributed by atoms with E-state index in [4.69, 9.17) is 29.3 Å². The minimum atomic E-state index is 0.555. The number of hydrogen-bond acceptors (Lipinski definition) is 7. The van der Waals surface area contributed by atoms with Crippen LogP contribution in [0.1, 0.15) is 38.3 Å². The average Bonchev–Trinajstić information content (AvgIpc) is 3.13. The molecule has 0 saturated carbocycles. The lowest BCUT2D eigenvalue weighted by Gasteiger charge is -2.28. The van der Waals surface area contributed by atoms with Crippen LogP contribution in [-0.2, 0) is 13.5 Å². The number of anilines is 1. The molecule has 0 N–H and O–H groups in total. The van der Waals surface area contributed by atoms with Crippen molar-refractivity contribution in [3.63, 3.8) is 0 Å². The quantitative estimate of drug-likeness (QED) is 0.566. The first kappa shape index (κ1) is 21.2. The largest absolute Gasteiger partial charge is 0.493 e. The van der Waals surface area contributed by atoms with Gasteiger partial charge in [-0.05, 0) is 37.8 Å². The van der Waals surface area contributed by atoms with Crippen molar-refractivity contribution in [3.8, 4) is 28.6 Å². The number of benzene rings is 1. The van der Waals surface area contributed by atoms with Crippen molar-refractivity contribution < 1.29 is 14.2 Å². The van der Waals surface area contributed by atoms with Gasteiger partial charge in [0.25, 0.3) is 0 Å². The molecule has 8 nitrogen and oxygen atoms in total. The number of rotatable bonds is 7. The van der Waals surface area contributed by atoms with Crippen molar-refractivity contribution in [3.05, 3.63) is 17.8 Å². The second-order valence-electron chi connectivity index (χ2n) is 7.85. The van der Waals surface area contributed by atoms with Gasteiger partial charge < -0.3 is 19.1 Å². The van der Waals surface area contributed by atoms with Gasteiger partial charge in [0, 0.05) is 25.7 Å². The first-order chi connectivity index (χ1) is 15.1. The Hall–Kier alpha value is -3.03. The lowest BCUT2D eigenvalue weighted by Crippen LogP contribution is -2.30. The molecule has 0 unspecified atom stereocenters. The van der Waals surface area contributed by atoms with Crippen molar-refractivity contribution in [2.75, 3.05) is 39.3 Å². The molecule has 1 aliphatic rings. The number of piperidine rings is 1. The average molecular weight is 426 g/mol. The zero-order valence-electron chi connectivity index (χ0n) is 19.1. The second kappa shape index (κ2) is 8.99. The minimum absolute atomic E-state index is 0.555. The number of aromatic nitrogens is 4. The van der Waals surface area contributed by atoms with Gasteiger partial charge in [-0.1, -0.05) is 13.3 Å². The Morgan fingerprint density at radius 3 is 2.19 bits per heavy atom. The van der Waals surface area contributed by atoms with Crippen molar-refractivity contribution in [1.82, 2.24) is 19.7 Å². The molecule has 31 heavy (non-hydrogen) atoms. The van der Waals surface area contributed by atoms with E-state index < -0.39 is 0 Å². The number of methoxy groups -OCH3 is 3. The van der Waals surface area contributed by atoms with Crippen LogP contribution in [0, 0.1) is 0 Å². The Balaban J connectivity index is 1.95. The molecule has 0 bridgehead atoms. The molecule has 3 heterocycles. The summed E-state index contributed by atoms with van der Waals surface area (Å²) in [6.07, 6.45) is 5.49. The van der Waals surface area contributed by atoms with Gasteiger partial charge in [0.05, 0.1) is 27.0 Å². The standard InChI is InChI=1S/C23H31N5O3/c1-6-10-16-19-20(27(2)26-16)23(28-11-8-7-9-12-28)25-22(24-19)15-13-17(29-3)21(31-5)18(14-15)30-4/h13-14H,6-12H2,1-5H3. The molecule has 4 rings (SSSR count). The van der Waals surface area contributed by atoms with E-state index in [0.717, 1.165) is 54.0 Å². The van der Waals surface area contributed by atoms with Crippen LogP contribution in [0.25, 0.3) is 22.4 Å². The van der Waals surface area contributed by atoms with Crippen LogP contribution >= 0.6 is 0 Å². The van der Waals surface area contributed by atoms with E-state index in [1.807, 2.05) is 23.9 Å². The van der Waals surface area contributed by atoms with E-state index in [0.29, 0.717) is 23.1 Å². The topological polar surface area (TPSA) is 74.5 Å². The van der Waals surface area contributed by atoms with E-state index in [1.54, 1.807) is 21.3 Å². The molecule has 1 saturated heterocycles. The molecule has 0 aliphatic carbocycles. The van der Waals surface area contributed by atoms with Gasteiger partial charge in [0.2, 0.25) is 5.75 Å². The fraction of sp³-hybridized carbons (Fsp3) is 0.522. The monoisotopic (exact) mass is 425 g/mol. The highest BCUT2D eigenvalue weighted by molar-refractivity contribution is 5.90. The molecule has 8 heteroatoms. The van der Waals surface area contributed by atoms with Crippen molar-refractivity contribution in [2.45, 2.75) is 39.0 Å². The first-order valence-electron chi connectivity index (χ1n) is 10.9. The smallest absolute Gasteiger partial charge is 0.203 e. The first-order valence-corrected chi connectivity index (χ1v) is 10.9. The zero-order chi connectivity index (χ0) is 22.0. The summed E-state index contributed by atoms with van der Waals surface area (Å²) in [5.41, 5.74) is 3.75. The fourth-order valence-electron chi connectivity index (χ4n) is 4.29. The number of ether oxygens (including phenoxy) is 3. The molecule has 1 aromatic carbocycles. The highest BCUT2D eigenvalue weighted by Gasteiger charge is 2.24. The molecule has 0 spiro atoms. The third-order valence-corrected chi connectivity index (χ3v) is 5.80. The molecule has 0 atom stereocenters. The van der Waals surface area contributed by atoms with Crippen molar-refractivity contribution in [2.24, 2.45) is 7.05 Å². The minimum Gasteiger partial charge on any atom is -0.493 e. The van der Waals surface area contributed by atoms with E-state index in [9.17, 15) is 0 Å². The van der Waals surface area contributed by atoms with Crippen LogP contribution in [0.15, 0.2) is 12.1 Å². The highest BCUT2D eigenvalue weighted by Crippen LogP contribution is 2.41. The molecule has 1 fully saturated rings. The summed E-state index contributed by atoms with van der Waals surface area (Å²) in [4.78, 5) is 12.4. The van der Waals surface area contributed by atoms with E-state index >= 15 is 0 Å². The van der Waals surface area contributed by atoms with Crippen LogP contribution in [0.5, 0.6) is 17.2 Å². The van der Waals surface area contributed by atoms with E-state index in [2.05, 4.69) is 11.8 Å². The summed E-state index contributed by atoms with van der Waals surface area (Å²) in [5.74, 6) is 3.31. The summed E-state index contributed by atoms with van der Waals surface area (Å²) in [6, 6.07) is 3.80. The summed E-state index contributed by atoms with van der Waals surface area (Å²) in [7, 11) is 6.82. The van der Waals surface area contributed by atoms with Crippen LogP contribution in [0.2, 0.25) is 0 Å². The Kier molecular flexibility index (Phi) is 6.15. The third-order valence-electron chi connectivity index (χ3n) is 5.80. The fourth-order valence-corrected chi connectivity index (χ4v) is 4.29. The predicted octanol–water partition coefficient (Wildman–Crippen LogP) is 4.00. The molecular formula is C23H31N5O3. The van der Waals surface area contributed by atoms with Gasteiger partial charge in [0.1, 0.15) is 11.0 Å². The molecule has 0 amide bonds. The van der Waals surface area contributed by atoms with E-state index in [-0.39, 0.29) is 0 Å². The number of aryl methyl sites for hydroxylation is 2. The Bertz CT molecular complexity index is 1050. The van der Waals surface area contributed by atoms with Gasteiger partial charge in [-0.15, -0.1) is 0 Å². The lowest BCUT2D eigenvalue weighted by atomic mass is 10.1. The van der Waals surface area contributed by atoms with Gasteiger partial charge in [-0.2, -0.15) is 5.10 Å². The third kappa shape index (κ3) is 3.86. The zero-order valence-corrected chi connectivity index (χ0v) is 19.1. The van der Waals surface area contributed by atoms with Gasteiger partial charge in [0.15, 0.2) is 23.1 Å². The Morgan fingerprint density at radius 1 is 0.935 bits per heavy atom. The summed E-state index contributed by atoms with van der Waals surface area (Å²) >= 11 is 0. The van der Waals surface area contributed by atoms with Crippen molar-refractivity contribution >= 4 is 16.9 Å². The number of nitrogens with zero attached hydrogens (tertiary/aromatic N) is 5. The summed E-state index contributed by atoms with van der Waals surface area (Å²) in [6.45, 7) is 4.15. The maximum Gasteiger partial charge on any atom is 0.203 e. The highest BCUT2D eigenvalue weighted by atomic mass is 16.5. The van der Waals surface area contributed by atoms with Crippen LogP contribution < -0.4 is 19.1 Å². The maximum absolute atomic E-state index is 5.55. The van der Waals surface area contributed by atoms with Crippen molar-refractivity contribution in [1.29, 1.82) is 0 Å². The Morgan fingerprint density at radius 2 is 1.61 bits per heavy atom. The van der Waals surface area contributed by atoms with Gasteiger partial charge in [-0.3, -0.25) is 4.68 Å². The van der Waals surface area contributed by atoms with Gasteiger partial charge >= 0.3 is 0 Å². The molecular weight excluding hydrogens is 394 g/mol. The molecule has 3 aromatic rings. The molecule has 0 radical (unpaired) electrons. The predicted molar refractivity (Wildman–Crippen MR) is 121 cm³/mol. The summed E-state index contributed by atoms with van der Waals surface area (Å²) in [5, 5.41) is 4.78. The SMILES string of the molecule is CCCc1nn(C)c2c(N3CCCCC3)nc(-c3cc(OC)c(OC)c(OC)c3)nc12. The normalized spacial score (nSPS) is 14.2. The molecule has 2 aromatic heterocycles. The maximum atomic E-state index is 5.55. The number of fused-ring (bicyclic) bond motifs is 1. The van der Waals surface area contributed by atoms with Crippen LogP contribution in [0.3, 0.4) is 0 Å². The number of hydrogen-bond donors (Lipinski definition) is 0.